The van der Waals surface area contributed by atoms with Gasteiger partial charge < -0.3 is 25.5 Å². The molecular formula is C21H30N6O. The number of aliphatic hydroxyl groups excluding tert-OH is 1. The summed E-state index contributed by atoms with van der Waals surface area (Å²) in [5.41, 5.74) is 2.46. The highest BCUT2D eigenvalue weighted by molar-refractivity contribution is 5.65. The number of piperazine rings is 1. The number of hydrogen-bond donors (Lipinski definition) is 3. The van der Waals surface area contributed by atoms with Crippen LogP contribution >= 0.6 is 0 Å². The molecule has 0 bridgehead atoms. The molecular weight excluding hydrogens is 352 g/mol. The number of aliphatic hydroxyl groups is 1. The van der Waals surface area contributed by atoms with Crippen molar-refractivity contribution in [1.29, 1.82) is 0 Å². The van der Waals surface area contributed by atoms with Crippen molar-refractivity contribution in [2.45, 2.75) is 31.7 Å². The molecule has 2 fully saturated rings. The van der Waals surface area contributed by atoms with Gasteiger partial charge in [-0.05, 0) is 37.3 Å². The van der Waals surface area contributed by atoms with E-state index in [0.717, 1.165) is 49.3 Å². The van der Waals surface area contributed by atoms with Crippen LogP contribution < -0.4 is 20.4 Å². The molecule has 1 aliphatic carbocycles. The summed E-state index contributed by atoms with van der Waals surface area (Å²) in [6.07, 6.45) is 4.53. The molecule has 0 radical (unpaired) electrons. The summed E-state index contributed by atoms with van der Waals surface area (Å²) in [5.74, 6) is 3.12. The van der Waals surface area contributed by atoms with E-state index in [9.17, 15) is 5.11 Å². The molecule has 2 aliphatic rings. The zero-order valence-corrected chi connectivity index (χ0v) is 16.7. The van der Waals surface area contributed by atoms with Crippen LogP contribution in [0.25, 0.3) is 0 Å². The van der Waals surface area contributed by atoms with E-state index >= 15 is 0 Å². The maximum absolute atomic E-state index is 9.55. The first-order valence-electron chi connectivity index (χ1n) is 10.2. The van der Waals surface area contributed by atoms with Crippen molar-refractivity contribution in [1.82, 2.24) is 15.3 Å². The Hall–Kier alpha value is -2.38. The first-order chi connectivity index (χ1) is 13.6. The molecule has 150 valence electrons. The highest BCUT2D eigenvalue weighted by Crippen LogP contribution is 2.39. The van der Waals surface area contributed by atoms with Crippen LogP contribution in [0.15, 0.2) is 30.5 Å². The van der Waals surface area contributed by atoms with Crippen molar-refractivity contribution in [2.24, 2.45) is 0 Å². The maximum Gasteiger partial charge on any atom is 0.136 e. The fourth-order valence-electron chi connectivity index (χ4n) is 3.47. The number of rotatable bonds is 7. The van der Waals surface area contributed by atoms with E-state index in [1.807, 2.05) is 31.1 Å². The van der Waals surface area contributed by atoms with E-state index < -0.39 is 0 Å². The van der Waals surface area contributed by atoms with Gasteiger partial charge in [0.1, 0.15) is 17.5 Å². The van der Waals surface area contributed by atoms with Gasteiger partial charge in [-0.2, -0.15) is 0 Å². The van der Waals surface area contributed by atoms with Gasteiger partial charge in [-0.3, -0.25) is 0 Å². The summed E-state index contributed by atoms with van der Waals surface area (Å²) >= 11 is 0. The number of likely N-dealkylation sites (N-methyl/N-ethyl adjacent to an activating group) is 1. The average molecular weight is 383 g/mol. The number of hydrogen-bond acceptors (Lipinski definition) is 7. The molecule has 0 spiro atoms. The largest absolute Gasteiger partial charge is 0.394 e. The summed E-state index contributed by atoms with van der Waals surface area (Å²) in [4.78, 5) is 13.7. The fourth-order valence-corrected chi connectivity index (χ4v) is 3.47. The predicted molar refractivity (Wildman–Crippen MR) is 114 cm³/mol. The number of nitrogens with one attached hydrogen (secondary N) is 2. The molecule has 0 unspecified atom stereocenters. The molecule has 0 amide bonds. The van der Waals surface area contributed by atoms with Gasteiger partial charge in [-0.15, -0.1) is 0 Å². The third kappa shape index (κ3) is 4.36. The minimum Gasteiger partial charge on any atom is -0.394 e. The zero-order valence-electron chi connectivity index (χ0n) is 16.7. The minimum atomic E-state index is -0.00503. The maximum atomic E-state index is 9.55. The van der Waals surface area contributed by atoms with Crippen molar-refractivity contribution < 1.29 is 5.11 Å². The molecule has 7 heteroatoms. The van der Waals surface area contributed by atoms with Crippen LogP contribution in [0.4, 0.5) is 23.1 Å². The summed E-state index contributed by atoms with van der Waals surface area (Å²) in [6.45, 7) is 5.97. The van der Waals surface area contributed by atoms with Crippen molar-refractivity contribution in [3.8, 4) is 0 Å². The molecule has 1 atom stereocenters. The smallest absolute Gasteiger partial charge is 0.136 e. The molecule has 1 saturated carbocycles. The number of nitrogens with zero attached hydrogens (tertiary/aromatic N) is 4. The molecule has 2 aromatic heterocycles. The summed E-state index contributed by atoms with van der Waals surface area (Å²) in [5, 5.41) is 16.3. The number of aromatic nitrogens is 2. The van der Waals surface area contributed by atoms with E-state index in [1.54, 1.807) is 0 Å². The highest BCUT2D eigenvalue weighted by Gasteiger charge is 2.23. The zero-order chi connectivity index (χ0) is 19.5. The van der Waals surface area contributed by atoms with E-state index in [0.29, 0.717) is 5.92 Å². The monoisotopic (exact) mass is 382 g/mol. The molecule has 1 aliphatic heterocycles. The third-order valence-corrected chi connectivity index (χ3v) is 5.66. The standard InChI is InChI=1S/C21H30N6O/c1-15(14-28)26(2)21-12-18(27-9-7-22-8-10-27)11-20(25-21)24-19-6-5-17(13-23-19)16-3-4-16/h5-6,11-13,15-16,22,28H,3-4,7-10,14H2,1-2H3,(H,23,24,25)/t15-/m0/s1. The lowest BCUT2D eigenvalue weighted by Gasteiger charge is -2.31. The fraction of sp³-hybridized carbons (Fsp3) is 0.524. The second-order valence-electron chi connectivity index (χ2n) is 7.82. The van der Waals surface area contributed by atoms with E-state index in [2.05, 4.69) is 38.7 Å². The second kappa shape index (κ2) is 8.32. The second-order valence-corrected chi connectivity index (χ2v) is 7.82. The van der Waals surface area contributed by atoms with E-state index in [-0.39, 0.29) is 12.6 Å². The van der Waals surface area contributed by atoms with Crippen LogP contribution in [0.5, 0.6) is 0 Å². The Morgan fingerprint density at radius 1 is 1.25 bits per heavy atom. The average Bonchev–Trinajstić information content (AvgIpc) is 3.59. The molecule has 28 heavy (non-hydrogen) atoms. The quantitative estimate of drug-likeness (QED) is 0.678. The first kappa shape index (κ1) is 19.0. The van der Waals surface area contributed by atoms with Gasteiger partial charge in [0.05, 0.1) is 12.6 Å². The Labute approximate surface area is 166 Å². The molecule has 3 N–H and O–H groups in total. The lowest BCUT2D eigenvalue weighted by atomic mass is 10.2. The predicted octanol–water partition coefficient (Wildman–Crippen LogP) is 2.32. The lowest BCUT2D eigenvalue weighted by molar-refractivity contribution is 0.270. The van der Waals surface area contributed by atoms with Gasteiger partial charge in [-0.25, -0.2) is 9.97 Å². The van der Waals surface area contributed by atoms with Crippen LogP contribution in [0.3, 0.4) is 0 Å². The van der Waals surface area contributed by atoms with Gasteiger partial charge in [0.15, 0.2) is 0 Å². The van der Waals surface area contributed by atoms with Crippen molar-refractivity contribution in [3.05, 3.63) is 36.0 Å². The van der Waals surface area contributed by atoms with Gasteiger partial charge in [0.25, 0.3) is 0 Å². The highest BCUT2D eigenvalue weighted by atomic mass is 16.3. The molecule has 2 aromatic rings. The summed E-state index contributed by atoms with van der Waals surface area (Å²) in [7, 11) is 1.97. The minimum absolute atomic E-state index is 0.00503. The third-order valence-electron chi connectivity index (χ3n) is 5.66. The Kier molecular flexibility index (Phi) is 5.64. The van der Waals surface area contributed by atoms with Gasteiger partial charge in [0, 0.05) is 57.2 Å². The number of pyridine rings is 2. The van der Waals surface area contributed by atoms with E-state index in [4.69, 9.17) is 4.98 Å². The lowest BCUT2D eigenvalue weighted by Crippen LogP contribution is -2.43. The molecule has 4 rings (SSSR count). The molecule has 1 saturated heterocycles. The van der Waals surface area contributed by atoms with Gasteiger partial charge in [0.2, 0.25) is 0 Å². The SMILES string of the molecule is C[C@@H](CO)N(C)c1cc(N2CCNCC2)cc(Nc2ccc(C3CC3)cn2)n1. The Morgan fingerprint density at radius 2 is 2.04 bits per heavy atom. The van der Waals surface area contributed by atoms with Crippen LogP contribution in [0.1, 0.15) is 31.2 Å². The summed E-state index contributed by atoms with van der Waals surface area (Å²) in [6, 6.07) is 8.38. The van der Waals surface area contributed by atoms with Crippen molar-refractivity contribution in [3.63, 3.8) is 0 Å². The number of anilines is 4. The topological polar surface area (TPSA) is 76.6 Å². The Balaban J connectivity index is 1.60. The first-order valence-corrected chi connectivity index (χ1v) is 10.2. The van der Waals surface area contributed by atoms with Crippen LogP contribution in [-0.2, 0) is 0 Å². The van der Waals surface area contributed by atoms with Crippen molar-refractivity contribution >= 4 is 23.1 Å². The van der Waals surface area contributed by atoms with Crippen LogP contribution in [0, 0.1) is 0 Å². The van der Waals surface area contributed by atoms with Gasteiger partial charge in [-0.1, -0.05) is 6.07 Å². The molecule has 3 heterocycles. The normalized spacial score (nSPS) is 18.0. The Morgan fingerprint density at radius 3 is 2.68 bits per heavy atom. The van der Waals surface area contributed by atoms with Crippen LogP contribution in [0.2, 0.25) is 0 Å². The summed E-state index contributed by atoms with van der Waals surface area (Å²) < 4.78 is 0. The van der Waals surface area contributed by atoms with Crippen LogP contribution in [-0.4, -0.2) is 60.9 Å². The van der Waals surface area contributed by atoms with E-state index in [1.165, 1.54) is 18.4 Å². The van der Waals surface area contributed by atoms with Gasteiger partial charge >= 0.3 is 0 Å². The van der Waals surface area contributed by atoms with Crippen molar-refractivity contribution in [2.75, 3.05) is 55.0 Å². The molecule has 0 aromatic carbocycles. The Bertz CT molecular complexity index is 766. The molecule has 7 nitrogen and oxygen atoms in total.